The molecule has 0 unspecified atom stereocenters. The van der Waals surface area contributed by atoms with Crippen LogP contribution >= 0.6 is 11.3 Å². The number of carboxylic acids is 1. The van der Waals surface area contributed by atoms with Crippen LogP contribution in [0, 0.1) is 16.6 Å². The summed E-state index contributed by atoms with van der Waals surface area (Å²) in [5, 5.41) is 29.0. The van der Waals surface area contributed by atoms with Crippen LogP contribution < -0.4 is 15.8 Å². The van der Waals surface area contributed by atoms with Gasteiger partial charge in [0.15, 0.2) is 17.1 Å². The summed E-state index contributed by atoms with van der Waals surface area (Å²) in [6.07, 6.45) is -0.110. The van der Waals surface area contributed by atoms with Crippen LogP contribution in [0.1, 0.15) is 53.2 Å². The van der Waals surface area contributed by atoms with Gasteiger partial charge in [-0.05, 0) is 49.6 Å². The number of nitrogen functional groups attached to an aromatic ring is 1. The third-order valence-corrected chi connectivity index (χ3v) is 7.36. The van der Waals surface area contributed by atoms with E-state index in [9.17, 15) is 29.0 Å². The van der Waals surface area contributed by atoms with Crippen LogP contribution in [0.5, 0.6) is 5.75 Å². The van der Waals surface area contributed by atoms with Crippen LogP contribution in [0.25, 0.3) is 0 Å². The molecular weight excluding hydrogens is 465 g/mol. The molecule has 0 radical (unpaired) electrons. The molecule has 1 heterocycles. The summed E-state index contributed by atoms with van der Waals surface area (Å²) in [5.74, 6) is -3.98. The van der Waals surface area contributed by atoms with Crippen LogP contribution in [-0.4, -0.2) is 45.5 Å². The minimum absolute atomic E-state index is 0.0451. The Kier molecular flexibility index (Phi) is 7.08. The second-order valence-electron chi connectivity index (χ2n) is 8.33. The number of aliphatic carboxylic acids is 1. The monoisotopic (exact) mass is 491 g/mol. The summed E-state index contributed by atoms with van der Waals surface area (Å²) < 4.78 is 19.3. The number of amides is 1. The maximum absolute atomic E-state index is 14.2. The highest BCUT2D eigenvalue weighted by molar-refractivity contribution is 7.14. The Morgan fingerprint density at radius 3 is 2.44 bits per heavy atom. The molecule has 0 saturated heterocycles. The number of nitrogens with two attached hydrogens (primary N) is 1. The van der Waals surface area contributed by atoms with Gasteiger partial charge in [-0.1, -0.05) is 13.8 Å². The molecule has 1 fully saturated rings. The standard InChI is InChI=1S/C23H26FN3O6S/c1-3-22(4-2,20(30)27-23(21(31)32)11-17(23)28)10-13-6-8-16(34-13)19(29)33-15-7-5-12(18(25)26)9-14(15)24/h5-9,17,28H,3-4,10-11H2,1-2H3,(H3,25,26)(H,27,30)(H,31,32)/t17-,23-/m1/s1. The lowest BCUT2D eigenvalue weighted by molar-refractivity contribution is -0.146. The molecule has 1 saturated carbocycles. The minimum atomic E-state index is -1.65. The van der Waals surface area contributed by atoms with Gasteiger partial charge in [-0.25, -0.2) is 14.0 Å². The van der Waals surface area contributed by atoms with E-state index in [1.54, 1.807) is 6.07 Å². The molecule has 0 bridgehead atoms. The van der Waals surface area contributed by atoms with Crippen molar-refractivity contribution in [2.75, 3.05) is 0 Å². The Hall–Kier alpha value is -3.31. The van der Waals surface area contributed by atoms with Crippen LogP contribution in [0.4, 0.5) is 4.39 Å². The number of hydrogen-bond acceptors (Lipinski definition) is 7. The van der Waals surface area contributed by atoms with Crippen molar-refractivity contribution >= 4 is 35.0 Å². The van der Waals surface area contributed by atoms with Gasteiger partial charge in [0, 0.05) is 16.9 Å². The lowest BCUT2D eigenvalue weighted by Crippen LogP contribution is -2.52. The number of rotatable bonds is 10. The molecular formula is C23H26FN3O6S. The first kappa shape index (κ1) is 25.3. The van der Waals surface area contributed by atoms with Gasteiger partial charge < -0.3 is 26.0 Å². The van der Waals surface area contributed by atoms with Crippen molar-refractivity contribution in [1.82, 2.24) is 5.32 Å². The van der Waals surface area contributed by atoms with Gasteiger partial charge in [0.2, 0.25) is 5.91 Å². The highest BCUT2D eigenvalue weighted by Crippen LogP contribution is 2.40. The Balaban J connectivity index is 1.74. The van der Waals surface area contributed by atoms with E-state index in [1.807, 2.05) is 13.8 Å². The molecule has 9 nitrogen and oxygen atoms in total. The Labute approximate surface area is 199 Å². The van der Waals surface area contributed by atoms with Crippen molar-refractivity contribution in [2.24, 2.45) is 11.1 Å². The number of esters is 1. The van der Waals surface area contributed by atoms with Gasteiger partial charge in [0.05, 0.1) is 11.5 Å². The van der Waals surface area contributed by atoms with Crippen molar-refractivity contribution in [3.05, 3.63) is 51.5 Å². The zero-order chi connectivity index (χ0) is 25.3. The largest absolute Gasteiger partial charge is 0.479 e. The molecule has 2 atom stereocenters. The summed E-state index contributed by atoms with van der Waals surface area (Å²) in [5.41, 5.74) is 2.89. The van der Waals surface area contributed by atoms with Gasteiger partial charge in [-0.2, -0.15) is 0 Å². The number of benzene rings is 1. The molecule has 1 aromatic heterocycles. The van der Waals surface area contributed by atoms with E-state index in [0.29, 0.717) is 17.7 Å². The van der Waals surface area contributed by atoms with Gasteiger partial charge >= 0.3 is 11.9 Å². The number of nitrogens with one attached hydrogen (secondary N) is 2. The average molecular weight is 492 g/mol. The van der Waals surface area contributed by atoms with Crippen LogP contribution in [-0.2, 0) is 16.0 Å². The Bertz CT molecular complexity index is 1150. The summed E-state index contributed by atoms with van der Waals surface area (Å²) in [7, 11) is 0. The Morgan fingerprint density at radius 2 is 1.94 bits per heavy atom. The van der Waals surface area contributed by atoms with E-state index in [2.05, 4.69) is 5.32 Å². The van der Waals surface area contributed by atoms with Crippen LogP contribution in [0.3, 0.4) is 0 Å². The zero-order valence-electron chi connectivity index (χ0n) is 18.7. The maximum Gasteiger partial charge on any atom is 0.353 e. The summed E-state index contributed by atoms with van der Waals surface area (Å²) in [6, 6.07) is 6.77. The van der Waals surface area contributed by atoms with E-state index in [-0.39, 0.29) is 34.9 Å². The predicted octanol–water partition coefficient (Wildman–Crippen LogP) is 2.44. The van der Waals surface area contributed by atoms with Crippen LogP contribution in [0.15, 0.2) is 30.3 Å². The van der Waals surface area contributed by atoms with Crippen molar-refractivity contribution < 1.29 is 33.7 Å². The molecule has 3 rings (SSSR count). The van der Waals surface area contributed by atoms with Gasteiger partial charge in [-0.15, -0.1) is 11.3 Å². The zero-order valence-corrected chi connectivity index (χ0v) is 19.5. The van der Waals surface area contributed by atoms with Crippen molar-refractivity contribution in [1.29, 1.82) is 5.41 Å². The molecule has 1 aliphatic rings. The molecule has 11 heteroatoms. The fraction of sp³-hybridized carbons (Fsp3) is 0.391. The molecule has 1 aromatic carbocycles. The molecule has 0 aliphatic heterocycles. The molecule has 0 spiro atoms. The summed E-state index contributed by atoms with van der Waals surface area (Å²) in [6.45, 7) is 3.63. The lowest BCUT2D eigenvalue weighted by Gasteiger charge is -2.31. The predicted molar refractivity (Wildman–Crippen MR) is 123 cm³/mol. The normalized spacial score (nSPS) is 19.4. The molecule has 182 valence electrons. The first-order chi connectivity index (χ1) is 16.0. The highest BCUT2D eigenvalue weighted by atomic mass is 32.1. The number of carboxylic acid groups (broad SMARTS) is 1. The quantitative estimate of drug-likeness (QED) is 0.147. The van der Waals surface area contributed by atoms with Crippen molar-refractivity contribution in [3.63, 3.8) is 0 Å². The van der Waals surface area contributed by atoms with E-state index in [1.165, 1.54) is 18.2 Å². The highest BCUT2D eigenvalue weighted by Gasteiger charge is 2.62. The molecule has 6 N–H and O–H groups in total. The second kappa shape index (κ2) is 9.51. The Morgan fingerprint density at radius 1 is 1.29 bits per heavy atom. The van der Waals surface area contributed by atoms with Crippen molar-refractivity contribution in [3.8, 4) is 5.75 Å². The van der Waals surface area contributed by atoms with E-state index in [4.69, 9.17) is 15.9 Å². The topological polar surface area (TPSA) is 163 Å². The third kappa shape index (κ3) is 4.80. The number of ether oxygens (including phenoxy) is 1. The molecule has 1 amide bonds. The van der Waals surface area contributed by atoms with Gasteiger partial charge in [-0.3, -0.25) is 10.2 Å². The van der Waals surface area contributed by atoms with E-state index < -0.39 is 40.7 Å². The summed E-state index contributed by atoms with van der Waals surface area (Å²) in [4.78, 5) is 38.0. The number of halogens is 1. The smallest absolute Gasteiger partial charge is 0.353 e. The number of hydrogen-bond donors (Lipinski definition) is 5. The fourth-order valence-electron chi connectivity index (χ4n) is 3.72. The SMILES string of the molecule is CCC(CC)(Cc1ccc(C(=O)Oc2ccc(C(=N)N)cc2F)s1)C(=O)N[C@]1(C(=O)O)C[C@H]1O. The maximum atomic E-state index is 14.2. The first-order valence-electron chi connectivity index (χ1n) is 10.7. The van der Waals surface area contributed by atoms with Gasteiger partial charge in [0.1, 0.15) is 10.7 Å². The second-order valence-corrected chi connectivity index (χ2v) is 9.50. The van der Waals surface area contributed by atoms with Crippen molar-refractivity contribution in [2.45, 2.75) is 51.2 Å². The van der Waals surface area contributed by atoms with Gasteiger partial charge in [0.25, 0.3) is 0 Å². The summed E-state index contributed by atoms with van der Waals surface area (Å²) >= 11 is 1.09. The third-order valence-electron chi connectivity index (χ3n) is 6.30. The average Bonchev–Trinajstić information content (AvgIpc) is 3.22. The fourth-order valence-corrected chi connectivity index (χ4v) is 4.75. The number of aliphatic hydroxyl groups is 1. The number of thiophene rings is 1. The number of amidine groups is 1. The van der Waals surface area contributed by atoms with Crippen LogP contribution in [0.2, 0.25) is 0 Å². The first-order valence-corrected chi connectivity index (χ1v) is 11.5. The minimum Gasteiger partial charge on any atom is -0.479 e. The molecule has 1 aliphatic carbocycles. The van der Waals surface area contributed by atoms with E-state index in [0.717, 1.165) is 17.4 Å². The number of carbonyl (C=O) groups excluding carboxylic acids is 2. The molecule has 2 aromatic rings. The lowest BCUT2D eigenvalue weighted by atomic mass is 9.77. The van der Waals surface area contributed by atoms with E-state index >= 15 is 0 Å². The number of carbonyl (C=O) groups is 3. The number of aliphatic hydroxyl groups excluding tert-OH is 1. The molecule has 34 heavy (non-hydrogen) atoms.